The number of para-hydroxylation sites is 2. The number of ether oxygens (including phenoxy) is 1. The summed E-state index contributed by atoms with van der Waals surface area (Å²) in [6, 6.07) is 10.9. The zero-order valence-electron chi connectivity index (χ0n) is 14.3. The molecule has 0 saturated carbocycles. The minimum atomic E-state index is -0.289. The number of anilines is 1. The molecule has 130 valence electrons. The Balaban J connectivity index is 2.07. The molecule has 0 spiro atoms. The summed E-state index contributed by atoms with van der Waals surface area (Å²) in [5, 5.41) is 1.91. The van der Waals surface area contributed by atoms with Gasteiger partial charge in [-0.2, -0.15) is 0 Å². The SMILES string of the molecule is CCSC1=C(c2cccs2)C(=O)N(c2ccccc2OC(C)C)C1=O. The topological polar surface area (TPSA) is 46.6 Å². The van der Waals surface area contributed by atoms with E-state index >= 15 is 0 Å². The van der Waals surface area contributed by atoms with Crippen molar-refractivity contribution in [2.75, 3.05) is 10.7 Å². The van der Waals surface area contributed by atoms with Gasteiger partial charge < -0.3 is 4.74 Å². The molecule has 0 bridgehead atoms. The number of hydrogen-bond donors (Lipinski definition) is 0. The monoisotopic (exact) mass is 373 g/mol. The van der Waals surface area contributed by atoms with E-state index in [9.17, 15) is 9.59 Å². The Labute approximate surface area is 155 Å². The molecule has 1 aromatic carbocycles. The van der Waals surface area contributed by atoms with Gasteiger partial charge in [0.15, 0.2) is 0 Å². The second-order valence-corrected chi connectivity index (χ2v) is 7.92. The van der Waals surface area contributed by atoms with Crippen LogP contribution in [0.2, 0.25) is 0 Å². The van der Waals surface area contributed by atoms with E-state index in [1.54, 1.807) is 18.2 Å². The fourth-order valence-corrected chi connectivity index (χ4v) is 4.32. The normalized spacial score (nSPS) is 14.8. The number of hydrogen-bond acceptors (Lipinski definition) is 5. The van der Waals surface area contributed by atoms with Gasteiger partial charge in [0.25, 0.3) is 11.8 Å². The van der Waals surface area contributed by atoms with Gasteiger partial charge in [-0.3, -0.25) is 9.59 Å². The molecule has 6 heteroatoms. The zero-order valence-corrected chi connectivity index (χ0v) is 15.9. The van der Waals surface area contributed by atoms with Crippen molar-refractivity contribution in [2.24, 2.45) is 0 Å². The number of rotatable bonds is 6. The van der Waals surface area contributed by atoms with Crippen molar-refractivity contribution in [2.45, 2.75) is 26.9 Å². The molecule has 2 aromatic rings. The van der Waals surface area contributed by atoms with E-state index in [4.69, 9.17) is 4.74 Å². The molecule has 0 fully saturated rings. The molecule has 2 heterocycles. The van der Waals surface area contributed by atoms with Gasteiger partial charge in [0.05, 0.1) is 22.3 Å². The van der Waals surface area contributed by atoms with E-state index in [-0.39, 0.29) is 17.9 Å². The molecule has 0 saturated heterocycles. The summed E-state index contributed by atoms with van der Waals surface area (Å²) in [5.41, 5.74) is 0.984. The number of amides is 2. The molecule has 1 aliphatic rings. The van der Waals surface area contributed by atoms with Crippen LogP contribution >= 0.6 is 23.1 Å². The molecule has 0 aliphatic carbocycles. The summed E-state index contributed by atoms with van der Waals surface area (Å²) in [7, 11) is 0. The lowest BCUT2D eigenvalue weighted by molar-refractivity contribution is -0.119. The molecule has 0 radical (unpaired) electrons. The minimum Gasteiger partial charge on any atom is -0.489 e. The van der Waals surface area contributed by atoms with Gasteiger partial charge in [-0.25, -0.2) is 4.90 Å². The molecular formula is C19H19NO3S2. The Hall–Kier alpha value is -2.05. The van der Waals surface area contributed by atoms with E-state index in [0.29, 0.717) is 21.9 Å². The maximum atomic E-state index is 13.1. The second-order valence-electron chi connectivity index (χ2n) is 5.69. The minimum absolute atomic E-state index is 0.0526. The largest absolute Gasteiger partial charge is 0.489 e. The van der Waals surface area contributed by atoms with E-state index in [1.807, 2.05) is 44.4 Å². The van der Waals surface area contributed by atoms with Crippen molar-refractivity contribution in [3.63, 3.8) is 0 Å². The number of benzene rings is 1. The summed E-state index contributed by atoms with van der Waals surface area (Å²) in [5.74, 6) is 0.692. The fraction of sp³-hybridized carbons (Fsp3) is 0.263. The quantitative estimate of drug-likeness (QED) is 0.696. The van der Waals surface area contributed by atoms with Crippen molar-refractivity contribution in [1.29, 1.82) is 0 Å². The Bertz CT molecular complexity index is 825. The van der Waals surface area contributed by atoms with Crippen LogP contribution in [0, 0.1) is 0 Å². The van der Waals surface area contributed by atoms with E-state index in [2.05, 4.69) is 0 Å². The molecule has 25 heavy (non-hydrogen) atoms. The van der Waals surface area contributed by atoms with Crippen LogP contribution in [0.4, 0.5) is 5.69 Å². The molecule has 3 rings (SSSR count). The van der Waals surface area contributed by atoms with Crippen molar-refractivity contribution in [3.05, 3.63) is 51.6 Å². The maximum Gasteiger partial charge on any atom is 0.272 e. The Kier molecular flexibility index (Phi) is 5.30. The lowest BCUT2D eigenvalue weighted by atomic mass is 10.2. The molecule has 2 amide bonds. The number of thioether (sulfide) groups is 1. The first kappa shape index (κ1) is 17.8. The smallest absolute Gasteiger partial charge is 0.272 e. The third kappa shape index (κ3) is 3.37. The summed E-state index contributed by atoms with van der Waals surface area (Å²) < 4.78 is 5.81. The molecule has 0 unspecified atom stereocenters. The second kappa shape index (κ2) is 7.45. The summed E-state index contributed by atoms with van der Waals surface area (Å²) >= 11 is 2.87. The van der Waals surface area contributed by atoms with Gasteiger partial charge in [-0.05, 0) is 43.2 Å². The maximum absolute atomic E-state index is 13.1. The number of imide groups is 1. The predicted molar refractivity (Wildman–Crippen MR) is 104 cm³/mol. The van der Waals surface area contributed by atoms with Crippen LogP contribution in [0.5, 0.6) is 5.75 Å². The number of carbonyl (C=O) groups excluding carboxylic acids is 2. The average Bonchev–Trinajstić information content (AvgIpc) is 3.16. The zero-order chi connectivity index (χ0) is 18.0. The van der Waals surface area contributed by atoms with E-state index in [0.717, 1.165) is 10.6 Å². The van der Waals surface area contributed by atoms with Crippen molar-refractivity contribution < 1.29 is 14.3 Å². The lowest BCUT2D eigenvalue weighted by Crippen LogP contribution is -2.32. The van der Waals surface area contributed by atoms with Crippen LogP contribution in [0.3, 0.4) is 0 Å². The Morgan fingerprint density at radius 2 is 1.88 bits per heavy atom. The van der Waals surface area contributed by atoms with E-state index < -0.39 is 0 Å². The molecule has 4 nitrogen and oxygen atoms in total. The fourth-order valence-electron chi connectivity index (χ4n) is 2.64. The van der Waals surface area contributed by atoms with E-state index in [1.165, 1.54) is 28.0 Å². The van der Waals surface area contributed by atoms with Gasteiger partial charge in [-0.15, -0.1) is 23.1 Å². The van der Waals surface area contributed by atoms with Crippen LogP contribution < -0.4 is 9.64 Å². The average molecular weight is 373 g/mol. The summed E-state index contributed by atoms with van der Waals surface area (Å²) in [4.78, 5) is 28.7. The Morgan fingerprint density at radius 1 is 1.12 bits per heavy atom. The highest BCUT2D eigenvalue weighted by Gasteiger charge is 2.41. The highest BCUT2D eigenvalue weighted by Crippen LogP contribution is 2.42. The van der Waals surface area contributed by atoms with Crippen molar-refractivity contribution in [1.82, 2.24) is 0 Å². The standard InChI is InChI=1S/C19H19NO3S2/c1-4-24-17-16(15-10-7-11-25-15)18(21)20(19(17)22)13-8-5-6-9-14(13)23-12(2)3/h5-12H,4H2,1-3H3. The highest BCUT2D eigenvalue weighted by molar-refractivity contribution is 8.04. The van der Waals surface area contributed by atoms with Crippen LogP contribution in [-0.4, -0.2) is 23.7 Å². The lowest BCUT2D eigenvalue weighted by Gasteiger charge is -2.20. The van der Waals surface area contributed by atoms with Crippen LogP contribution in [-0.2, 0) is 9.59 Å². The van der Waals surface area contributed by atoms with Gasteiger partial charge in [0.1, 0.15) is 5.75 Å². The third-order valence-corrected chi connectivity index (χ3v) is 5.41. The molecule has 0 atom stereocenters. The van der Waals surface area contributed by atoms with Crippen molar-refractivity contribution in [3.8, 4) is 5.75 Å². The highest BCUT2D eigenvalue weighted by atomic mass is 32.2. The van der Waals surface area contributed by atoms with Crippen molar-refractivity contribution >= 4 is 46.2 Å². The van der Waals surface area contributed by atoms with Crippen LogP contribution in [0.25, 0.3) is 5.57 Å². The van der Waals surface area contributed by atoms with Gasteiger partial charge in [0.2, 0.25) is 0 Å². The summed E-state index contributed by atoms with van der Waals surface area (Å²) in [6.45, 7) is 5.80. The number of thiophene rings is 1. The molecule has 0 N–H and O–H groups in total. The molecule has 1 aromatic heterocycles. The first-order chi connectivity index (χ1) is 12.0. The van der Waals surface area contributed by atoms with Gasteiger partial charge in [0, 0.05) is 4.88 Å². The molecule has 1 aliphatic heterocycles. The number of nitrogens with zero attached hydrogens (tertiary/aromatic N) is 1. The number of carbonyl (C=O) groups is 2. The Morgan fingerprint density at radius 3 is 2.52 bits per heavy atom. The third-order valence-electron chi connectivity index (χ3n) is 3.57. The predicted octanol–water partition coefficient (Wildman–Crippen LogP) is 4.57. The van der Waals surface area contributed by atoms with Gasteiger partial charge >= 0.3 is 0 Å². The van der Waals surface area contributed by atoms with Gasteiger partial charge in [-0.1, -0.05) is 25.1 Å². The van der Waals surface area contributed by atoms with Crippen LogP contribution in [0.1, 0.15) is 25.6 Å². The van der Waals surface area contributed by atoms with Crippen LogP contribution in [0.15, 0.2) is 46.7 Å². The first-order valence-corrected chi connectivity index (χ1v) is 9.96. The first-order valence-electron chi connectivity index (χ1n) is 8.10. The molecular weight excluding hydrogens is 354 g/mol. The summed E-state index contributed by atoms with van der Waals surface area (Å²) in [6.07, 6.45) is -0.0526.